The monoisotopic (exact) mass is 852 g/mol. The Morgan fingerprint density at radius 2 is 1.89 bits per heavy atom. The molecule has 8 heterocycles. The molecule has 4 aromatic rings. The van der Waals surface area contributed by atoms with Crippen LogP contribution in [-0.4, -0.2) is 120 Å². The number of hydrazine groups is 1. The molecular formula is C46H60N8O6S. The van der Waals surface area contributed by atoms with Gasteiger partial charge in [-0.3, -0.25) is 24.4 Å². The molecule has 5 aliphatic rings. The number of fused-ring (bicyclic) bond motifs is 8. The van der Waals surface area contributed by atoms with Gasteiger partial charge in [0.2, 0.25) is 0 Å². The molecule has 0 radical (unpaired) electrons. The van der Waals surface area contributed by atoms with Gasteiger partial charge in [0.05, 0.1) is 52.8 Å². The molecule has 14 nitrogen and oxygen atoms in total. The third-order valence-corrected chi connectivity index (χ3v) is 14.5. The van der Waals surface area contributed by atoms with Crippen LogP contribution in [0.25, 0.3) is 33.4 Å². The van der Waals surface area contributed by atoms with Gasteiger partial charge in [-0.25, -0.2) is 10.4 Å². The SMILES string of the molecule is CCn1c(-c2cc(N3CCN(C)CC3)cnc2[C@H](C)OC)c2c3cc(ccc31)-c1csc(n1)C[C@H](NC(=O)C13CCC(CC1)O3)C(=O)N1CCC[C@H](N1)C(=O)OCC(C)(C)C2. The standard InChI is InChI=1S/C46H60N8O6S/c1-7-53-38-11-10-29-21-32(38)34(41(53)33-22-30(25-47-40(33)28(2)58-6)52-19-17-51(5)18-20-52)24-45(3,4)27-59-43(56)35-9-8-16-54(50-35)42(55)36(23-39-48-37(29)26-61-39)49-44(57)46-14-12-31(60-46)13-15-46/h10-11,21-22,25-26,28,31,35-36,50H,7-9,12-20,23-24,27H2,1-6H3,(H,49,57)/t28-,31?,35-,36-,46?/m0/s1. The van der Waals surface area contributed by atoms with Crippen molar-refractivity contribution in [3.63, 3.8) is 0 Å². The Hall–Kier alpha value is -4.41. The van der Waals surface area contributed by atoms with Crippen molar-refractivity contribution in [1.29, 1.82) is 0 Å². The number of pyridine rings is 1. The molecule has 9 rings (SSSR count). The first-order chi connectivity index (χ1) is 29.3. The van der Waals surface area contributed by atoms with Crippen molar-refractivity contribution in [1.82, 2.24) is 35.2 Å². The highest BCUT2D eigenvalue weighted by molar-refractivity contribution is 7.10. The third-order valence-electron chi connectivity index (χ3n) is 13.6. The Kier molecular flexibility index (Phi) is 11.5. The largest absolute Gasteiger partial charge is 0.464 e. The Balaban J connectivity index is 1.16. The summed E-state index contributed by atoms with van der Waals surface area (Å²) in [6.07, 6.45) is 6.78. The number of amides is 2. The fraction of sp³-hybridized carbons (Fsp3) is 0.587. The number of methoxy groups -OCH3 is 1. The second kappa shape index (κ2) is 16.7. The molecule has 1 aromatic carbocycles. The Labute approximate surface area is 362 Å². The summed E-state index contributed by atoms with van der Waals surface area (Å²) in [6.45, 7) is 13.6. The van der Waals surface area contributed by atoms with Crippen LogP contribution in [0.5, 0.6) is 0 Å². The highest BCUT2D eigenvalue weighted by atomic mass is 32.1. The number of ether oxygens (including phenoxy) is 3. The van der Waals surface area contributed by atoms with Crippen LogP contribution in [0.3, 0.4) is 0 Å². The van der Waals surface area contributed by atoms with Gasteiger partial charge in [-0.2, -0.15) is 0 Å². The normalized spacial score (nSPS) is 26.4. The van der Waals surface area contributed by atoms with Crippen LogP contribution >= 0.6 is 11.3 Å². The summed E-state index contributed by atoms with van der Waals surface area (Å²) >= 11 is 1.48. The lowest BCUT2D eigenvalue weighted by molar-refractivity contribution is -0.156. The van der Waals surface area contributed by atoms with E-state index in [0.29, 0.717) is 38.6 Å². The van der Waals surface area contributed by atoms with Crippen molar-refractivity contribution in [2.24, 2.45) is 5.41 Å². The number of benzene rings is 1. The topological polar surface area (TPSA) is 143 Å². The lowest BCUT2D eigenvalue weighted by Crippen LogP contribution is -2.61. The van der Waals surface area contributed by atoms with Crippen molar-refractivity contribution in [2.75, 3.05) is 58.4 Å². The number of anilines is 1. The van der Waals surface area contributed by atoms with Crippen LogP contribution in [0.2, 0.25) is 0 Å². The summed E-state index contributed by atoms with van der Waals surface area (Å²) in [6, 6.07) is 7.23. The number of carbonyl (C=O) groups is 3. The predicted octanol–water partition coefficient (Wildman–Crippen LogP) is 5.67. The van der Waals surface area contributed by atoms with E-state index in [-0.39, 0.29) is 37.0 Å². The van der Waals surface area contributed by atoms with E-state index in [1.807, 2.05) is 18.5 Å². The highest BCUT2D eigenvalue weighted by Gasteiger charge is 2.52. The van der Waals surface area contributed by atoms with Gasteiger partial charge in [-0.1, -0.05) is 19.9 Å². The molecule has 0 spiro atoms. The minimum absolute atomic E-state index is 0.0943. The van der Waals surface area contributed by atoms with Gasteiger partial charge in [0.15, 0.2) is 0 Å². The fourth-order valence-corrected chi connectivity index (χ4v) is 10.9. The van der Waals surface area contributed by atoms with Crippen LogP contribution in [0.4, 0.5) is 5.69 Å². The van der Waals surface area contributed by atoms with E-state index in [1.54, 1.807) is 7.11 Å². The number of cyclic esters (lactones) is 1. The molecule has 4 fully saturated rings. The summed E-state index contributed by atoms with van der Waals surface area (Å²) in [5.41, 5.74) is 9.90. The molecule has 0 saturated carbocycles. The molecule has 2 amide bonds. The molecule has 3 atom stereocenters. The number of carbonyl (C=O) groups excluding carboxylic acids is 3. The van der Waals surface area contributed by atoms with E-state index < -0.39 is 29.1 Å². The Morgan fingerprint density at radius 1 is 1.10 bits per heavy atom. The van der Waals surface area contributed by atoms with Crippen molar-refractivity contribution in [3.8, 4) is 22.5 Å². The van der Waals surface area contributed by atoms with Gasteiger partial charge in [-0.05, 0) is 89.6 Å². The van der Waals surface area contributed by atoms with E-state index in [9.17, 15) is 14.4 Å². The van der Waals surface area contributed by atoms with Gasteiger partial charge in [0, 0.05) is 85.6 Å². The lowest BCUT2D eigenvalue weighted by atomic mass is 9.84. The van der Waals surface area contributed by atoms with Gasteiger partial charge >= 0.3 is 5.97 Å². The fourth-order valence-electron chi connectivity index (χ4n) is 10.0. The molecule has 15 heteroatoms. The average Bonchev–Trinajstić information content (AvgIpc) is 4.08. The van der Waals surface area contributed by atoms with Crippen molar-refractivity contribution < 1.29 is 28.6 Å². The zero-order valence-electron chi connectivity index (χ0n) is 36.4. The quantitative estimate of drug-likeness (QED) is 0.222. The zero-order chi connectivity index (χ0) is 42.6. The number of piperazine rings is 1. The summed E-state index contributed by atoms with van der Waals surface area (Å²) in [5, 5.41) is 8.47. The van der Waals surface area contributed by atoms with Gasteiger partial charge in [0.1, 0.15) is 17.7 Å². The van der Waals surface area contributed by atoms with Crippen molar-refractivity contribution in [3.05, 3.63) is 52.1 Å². The number of rotatable bonds is 7. The summed E-state index contributed by atoms with van der Waals surface area (Å²) in [5.74, 6) is -0.951. The molecule has 8 bridgehead atoms. The van der Waals surface area contributed by atoms with E-state index in [2.05, 4.69) is 77.2 Å². The van der Waals surface area contributed by atoms with E-state index in [4.69, 9.17) is 24.2 Å². The number of aromatic nitrogens is 3. The highest BCUT2D eigenvalue weighted by Crippen LogP contribution is 2.45. The first-order valence-corrected chi connectivity index (χ1v) is 23.0. The number of hydrogen-bond acceptors (Lipinski definition) is 12. The van der Waals surface area contributed by atoms with Crippen LogP contribution in [-0.2, 0) is 48.0 Å². The molecule has 4 saturated heterocycles. The minimum atomic E-state index is -0.904. The zero-order valence-corrected chi connectivity index (χ0v) is 37.2. The molecule has 5 aliphatic heterocycles. The summed E-state index contributed by atoms with van der Waals surface area (Å²) in [4.78, 5) is 57.2. The average molecular weight is 853 g/mol. The third kappa shape index (κ3) is 8.08. The maximum atomic E-state index is 14.4. The molecule has 0 unspecified atom stereocenters. The number of esters is 1. The number of aryl methyl sites for hydroxylation is 1. The Morgan fingerprint density at radius 3 is 2.61 bits per heavy atom. The molecule has 2 N–H and O–H groups in total. The van der Waals surface area contributed by atoms with Crippen LogP contribution in [0.1, 0.15) is 88.6 Å². The summed E-state index contributed by atoms with van der Waals surface area (Å²) < 4.78 is 20.7. The maximum absolute atomic E-state index is 14.4. The van der Waals surface area contributed by atoms with Crippen LogP contribution in [0, 0.1) is 5.41 Å². The first-order valence-electron chi connectivity index (χ1n) is 22.1. The van der Waals surface area contributed by atoms with E-state index >= 15 is 0 Å². The van der Waals surface area contributed by atoms with Gasteiger partial charge in [-0.15, -0.1) is 11.3 Å². The number of hydrogen-bond donors (Lipinski definition) is 2. The molecular weight excluding hydrogens is 793 g/mol. The van der Waals surface area contributed by atoms with E-state index in [0.717, 1.165) is 101 Å². The number of thiazole rings is 1. The predicted molar refractivity (Wildman–Crippen MR) is 235 cm³/mol. The second-order valence-corrected chi connectivity index (χ2v) is 19.5. The minimum Gasteiger partial charge on any atom is -0.464 e. The van der Waals surface area contributed by atoms with Crippen molar-refractivity contribution in [2.45, 2.75) is 115 Å². The van der Waals surface area contributed by atoms with Gasteiger partial charge < -0.3 is 33.9 Å². The van der Waals surface area contributed by atoms with Gasteiger partial charge in [0.25, 0.3) is 11.8 Å². The first kappa shape index (κ1) is 41.9. The number of nitrogens with one attached hydrogen (secondary N) is 2. The van der Waals surface area contributed by atoms with Crippen molar-refractivity contribution >= 4 is 45.7 Å². The van der Waals surface area contributed by atoms with E-state index in [1.165, 1.54) is 16.3 Å². The smallest absolute Gasteiger partial charge is 0.324 e. The maximum Gasteiger partial charge on any atom is 0.324 e. The lowest BCUT2D eigenvalue weighted by Gasteiger charge is -2.36. The molecule has 0 aliphatic carbocycles. The molecule has 61 heavy (non-hydrogen) atoms. The molecule has 326 valence electrons. The van der Waals surface area contributed by atoms with Crippen LogP contribution in [0.15, 0.2) is 35.8 Å². The molecule has 3 aromatic heterocycles. The second-order valence-electron chi connectivity index (χ2n) is 18.5. The number of nitrogens with zero attached hydrogens (tertiary/aromatic N) is 6. The Bertz CT molecular complexity index is 2310. The summed E-state index contributed by atoms with van der Waals surface area (Å²) in [7, 11) is 3.89. The van der Waals surface area contributed by atoms with Crippen LogP contribution < -0.4 is 15.6 Å². The number of likely N-dealkylation sites (N-methyl/N-ethyl adjacent to an activating group) is 1.